The fourth-order valence-electron chi connectivity index (χ4n) is 2.54. The second-order valence-corrected chi connectivity index (χ2v) is 5.10. The summed E-state index contributed by atoms with van der Waals surface area (Å²) < 4.78 is 0. The van der Waals surface area contributed by atoms with Crippen LogP contribution in [0.2, 0.25) is 0 Å². The third-order valence-electron chi connectivity index (χ3n) is 3.65. The second-order valence-electron chi connectivity index (χ2n) is 5.10. The monoisotopic (exact) mass is 242 g/mol. The van der Waals surface area contributed by atoms with Crippen molar-refractivity contribution in [2.75, 3.05) is 20.2 Å². The molecule has 0 aromatic heterocycles. The average molecular weight is 242 g/mol. The van der Waals surface area contributed by atoms with Gasteiger partial charge in [0.1, 0.15) is 0 Å². The van der Waals surface area contributed by atoms with Crippen molar-refractivity contribution < 1.29 is 9.90 Å². The van der Waals surface area contributed by atoms with Crippen LogP contribution in [0.15, 0.2) is 0 Å². The number of hydrogen-bond acceptors (Lipinski definition) is 2. The van der Waals surface area contributed by atoms with E-state index in [9.17, 15) is 4.79 Å². The second kappa shape index (κ2) is 7.54. The molecule has 0 aliphatic heterocycles. The molecule has 0 radical (unpaired) electrons. The molecule has 100 valence electrons. The van der Waals surface area contributed by atoms with E-state index in [1.165, 1.54) is 30.6 Å². The highest BCUT2D eigenvalue weighted by atomic mass is 16.3. The van der Waals surface area contributed by atoms with Crippen molar-refractivity contribution in [2.45, 2.75) is 51.5 Å². The fourth-order valence-corrected chi connectivity index (χ4v) is 2.54. The van der Waals surface area contributed by atoms with Crippen LogP contribution in [-0.4, -0.2) is 42.3 Å². The maximum Gasteiger partial charge on any atom is 0.317 e. The van der Waals surface area contributed by atoms with Crippen LogP contribution in [0.3, 0.4) is 0 Å². The van der Waals surface area contributed by atoms with Gasteiger partial charge in [0.2, 0.25) is 0 Å². The Bertz CT molecular complexity index is 225. The highest BCUT2D eigenvalue weighted by molar-refractivity contribution is 5.74. The molecule has 0 bridgehead atoms. The van der Waals surface area contributed by atoms with Gasteiger partial charge in [-0.25, -0.2) is 4.79 Å². The summed E-state index contributed by atoms with van der Waals surface area (Å²) in [6.45, 7) is 2.65. The summed E-state index contributed by atoms with van der Waals surface area (Å²) in [6.07, 6.45) is 7.27. The average Bonchev–Trinajstić information content (AvgIpc) is 2.32. The zero-order valence-electron chi connectivity index (χ0n) is 11.1. The summed E-state index contributed by atoms with van der Waals surface area (Å²) in [5, 5.41) is 11.8. The van der Waals surface area contributed by atoms with Gasteiger partial charge in [-0.3, -0.25) is 0 Å². The maximum absolute atomic E-state index is 11.7. The first kappa shape index (κ1) is 14.3. The summed E-state index contributed by atoms with van der Waals surface area (Å²) in [4.78, 5) is 13.3. The third-order valence-corrected chi connectivity index (χ3v) is 3.65. The summed E-state index contributed by atoms with van der Waals surface area (Å²) in [7, 11) is 1.72. The molecule has 1 saturated carbocycles. The lowest BCUT2D eigenvalue weighted by Gasteiger charge is -2.30. The molecule has 2 amide bonds. The van der Waals surface area contributed by atoms with E-state index in [0.29, 0.717) is 12.6 Å². The Labute approximate surface area is 104 Å². The van der Waals surface area contributed by atoms with Gasteiger partial charge >= 0.3 is 6.03 Å². The minimum absolute atomic E-state index is 0.0210. The van der Waals surface area contributed by atoms with Gasteiger partial charge in [0.25, 0.3) is 0 Å². The van der Waals surface area contributed by atoms with E-state index >= 15 is 0 Å². The van der Waals surface area contributed by atoms with E-state index in [4.69, 9.17) is 5.11 Å². The highest BCUT2D eigenvalue weighted by Crippen LogP contribution is 2.27. The quantitative estimate of drug-likeness (QED) is 0.774. The van der Waals surface area contributed by atoms with Crippen molar-refractivity contribution in [3.05, 3.63) is 0 Å². The number of aliphatic hydroxyl groups excluding tert-OH is 1. The summed E-state index contributed by atoms with van der Waals surface area (Å²) >= 11 is 0. The fraction of sp³-hybridized carbons (Fsp3) is 0.923. The first-order valence-corrected chi connectivity index (χ1v) is 6.79. The molecular formula is C13H26N2O2. The molecule has 2 N–H and O–H groups in total. The van der Waals surface area contributed by atoms with Crippen LogP contribution >= 0.6 is 0 Å². The number of aliphatic hydroxyl groups is 1. The Morgan fingerprint density at radius 3 is 2.53 bits per heavy atom. The van der Waals surface area contributed by atoms with Gasteiger partial charge in [0.05, 0.1) is 6.61 Å². The highest BCUT2D eigenvalue weighted by Gasteiger charge is 2.22. The molecule has 4 heteroatoms. The summed E-state index contributed by atoms with van der Waals surface area (Å²) in [5.74, 6) is 0.864. The van der Waals surface area contributed by atoms with Crippen LogP contribution in [-0.2, 0) is 0 Å². The lowest BCUT2D eigenvalue weighted by molar-refractivity contribution is 0.180. The smallest absolute Gasteiger partial charge is 0.317 e. The number of hydrogen-bond donors (Lipinski definition) is 2. The van der Waals surface area contributed by atoms with E-state index in [2.05, 4.69) is 12.2 Å². The van der Waals surface area contributed by atoms with Crippen LogP contribution in [0.25, 0.3) is 0 Å². The van der Waals surface area contributed by atoms with Crippen LogP contribution in [0.5, 0.6) is 0 Å². The van der Waals surface area contributed by atoms with Crippen LogP contribution in [0.4, 0.5) is 4.79 Å². The van der Waals surface area contributed by atoms with Gasteiger partial charge in [-0.1, -0.05) is 19.8 Å². The van der Waals surface area contributed by atoms with Gasteiger partial charge in [0, 0.05) is 19.6 Å². The van der Waals surface area contributed by atoms with Crippen molar-refractivity contribution in [3.8, 4) is 0 Å². The summed E-state index contributed by atoms with van der Waals surface area (Å²) in [6, 6.07) is 0.273. The SMILES string of the molecule is CCCC1CCC(NC(=O)N(C)CCO)CC1. The van der Waals surface area contributed by atoms with Crippen molar-refractivity contribution in [1.82, 2.24) is 10.2 Å². The van der Waals surface area contributed by atoms with Crippen LogP contribution < -0.4 is 5.32 Å². The topological polar surface area (TPSA) is 52.6 Å². The Balaban J connectivity index is 2.23. The van der Waals surface area contributed by atoms with Gasteiger partial charge in [-0.2, -0.15) is 0 Å². The number of likely N-dealkylation sites (N-methyl/N-ethyl adjacent to an activating group) is 1. The molecule has 1 aliphatic rings. The lowest BCUT2D eigenvalue weighted by atomic mass is 9.83. The first-order chi connectivity index (χ1) is 8.17. The van der Waals surface area contributed by atoms with Crippen LogP contribution in [0.1, 0.15) is 45.4 Å². The van der Waals surface area contributed by atoms with Gasteiger partial charge in [-0.15, -0.1) is 0 Å². The number of rotatable bonds is 5. The molecule has 1 fully saturated rings. The number of carbonyl (C=O) groups is 1. The molecule has 0 aromatic rings. The molecule has 0 atom stereocenters. The van der Waals surface area contributed by atoms with E-state index < -0.39 is 0 Å². The van der Waals surface area contributed by atoms with E-state index in [1.54, 1.807) is 7.05 Å². The Kier molecular flexibility index (Phi) is 6.34. The molecular weight excluding hydrogens is 216 g/mol. The molecule has 17 heavy (non-hydrogen) atoms. The Morgan fingerprint density at radius 2 is 2.00 bits per heavy atom. The molecule has 0 spiro atoms. The molecule has 0 unspecified atom stereocenters. The number of amides is 2. The van der Waals surface area contributed by atoms with E-state index in [0.717, 1.165) is 18.8 Å². The lowest BCUT2D eigenvalue weighted by Crippen LogP contribution is -2.45. The molecule has 0 aromatic carbocycles. The van der Waals surface area contributed by atoms with E-state index in [-0.39, 0.29) is 12.6 Å². The molecule has 0 heterocycles. The predicted octanol–water partition coefficient (Wildman–Crippen LogP) is 1.98. The minimum Gasteiger partial charge on any atom is -0.395 e. The summed E-state index contributed by atoms with van der Waals surface area (Å²) in [5.41, 5.74) is 0. The predicted molar refractivity (Wildman–Crippen MR) is 68.9 cm³/mol. The number of urea groups is 1. The van der Waals surface area contributed by atoms with Gasteiger partial charge < -0.3 is 15.3 Å². The van der Waals surface area contributed by atoms with Crippen molar-refractivity contribution in [1.29, 1.82) is 0 Å². The zero-order valence-corrected chi connectivity index (χ0v) is 11.1. The Morgan fingerprint density at radius 1 is 1.35 bits per heavy atom. The largest absolute Gasteiger partial charge is 0.395 e. The normalized spacial score (nSPS) is 24.4. The van der Waals surface area contributed by atoms with Crippen molar-refractivity contribution >= 4 is 6.03 Å². The first-order valence-electron chi connectivity index (χ1n) is 6.79. The van der Waals surface area contributed by atoms with Crippen molar-refractivity contribution in [2.24, 2.45) is 5.92 Å². The molecule has 1 aliphatic carbocycles. The number of carbonyl (C=O) groups excluding carboxylic acids is 1. The third kappa shape index (κ3) is 4.94. The van der Waals surface area contributed by atoms with Gasteiger partial charge in [-0.05, 0) is 31.6 Å². The van der Waals surface area contributed by atoms with Crippen molar-refractivity contribution in [3.63, 3.8) is 0 Å². The number of nitrogens with zero attached hydrogens (tertiary/aromatic N) is 1. The van der Waals surface area contributed by atoms with Crippen LogP contribution in [0, 0.1) is 5.92 Å². The standard InChI is InChI=1S/C13H26N2O2/c1-3-4-11-5-7-12(8-6-11)14-13(17)15(2)9-10-16/h11-12,16H,3-10H2,1-2H3,(H,14,17). The minimum atomic E-state index is -0.0574. The van der Waals surface area contributed by atoms with E-state index in [1.807, 2.05) is 0 Å². The van der Waals surface area contributed by atoms with Gasteiger partial charge in [0.15, 0.2) is 0 Å². The molecule has 1 rings (SSSR count). The molecule has 4 nitrogen and oxygen atoms in total. The zero-order chi connectivity index (χ0) is 12.7. The Hall–Kier alpha value is -0.770. The molecule has 0 saturated heterocycles. The number of nitrogens with one attached hydrogen (secondary N) is 1. The maximum atomic E-state index is 11.7.